The van der Waals surface area contributed by atoms with E-state index in [1.807, 2.05) is 0 Å². The van der Waals surface area contributed by atoms with E-state index in [-0.39, 0.29) is 12.8 Å². The zero-order chi connectivity index (χ0) is 44.3. The minimum atomic E-state index is -1.93. The van der Waals surface area contributed by atoms with Crippen molar-refractivity contribution in [3.05, 3.63) is 0 Å². The van der Waals surface area contributed by atoms with Gasteiger partial charge >= 0.3 is 0 Å². The molecule has 3 heterocycles. The van der Waals surface area contributed by atoms with E-state index in [0.717, 1.165) is 0 Å². The van der Waals surface area contributed by atoms with Crippen molar-refractivity contribution < 1.29 is 120 Å². The Kier molecular flexibility index (Phi) is 18.6. The molecule has 0 aromatic rings. The van der Waals surface area contributed by atoms with Crippen molar-refractivity contribution >= 4 is 0 Å². The summed E-state index contributed by atoms with van der Waals surface area (Å²) in [6, 6.07) is 0. The molecular formula is C35H64O24. The third-order valence-electron chi connectivity index (χ3n) is 11.1. The Morgan fingerprint density at radius 1 is 0.508 bits per heavy atom. The number of hydrogen-bond acceptors (Lipinski definition) is 24. The molecule has 4 fully saturated rings. The molecule has 0 spiro atoms. The molecule has 0 unspecified atom stereocenters. The van der Waals surface area contributed by atoms with Gasteiger partial charge in [0.25, 0.3) is 0 Å². The third-order valence-corrected chi connectivity index (χ3v) is 11.1. The van der Waals surface area contributed by atoms with Crippen LogP contribution in [-0.2, 0) is 33.2 Å². The molecule has 1 saturated carbocycles. The number of aliphatic hydroxyl groups excluding tert-OH is 17. The van der Waals surface area contributed by atoms with Crippen molar-refractivity contribution in [1.82, 2.24) is 0 Å². The summed E-state index contributed by atoms with van der Waals surface area (Å²) in [5, 5.41) is 178. The largest absolute Gasteiger partial charge is 0.394 e. The fourth-order valence-corrected chi connectivity index (χ4v) is 7.53. The van der Waals surface area contributed by atoms with Crippen LogP contribution in [0.15, 0.2) is 0 Å². The summed E-state index contributed by atoms with van der Waals surface area (Å²) >= 11 is 0. The summed E-state index contributed by atoms with van der Waals surface area (Å²) in [6.45, 7) is 1.46. The summed E-state index contributed by atoms with van der Waals surface area (Å²) in [7, 11) is 0. The number of aliphatic hydroxyl groups is 17. The lowest BCUT2D eigenvalue weighted by Crippen LogP contribution is -2.65. The Hall–Kier alpha value is -0.960. The van der Waals surface area contributed by atoms with Crippen molar-refractivity contribution in [3.8, 4) is 0 Å². The zero-order valence-corrected chi connectivity index (χ0v) is 32.8. The van der Waals surface area contributed by atoms with Crippen LogP contribution in [0.1, 0.15) is 33.6 Å². The van der Waals surface area contributed by atoms with Crippen molar-refractivity contribution in [2.75, 3.05) is 33.0 Å². The molecule has 4 aliphatic rings. The number of rotatable bonds is 17. The lowest BCUT2D eigenvalue weighted by molar-refractivity contribution is -0.361. The van der Waals surface area contributed by atoms with E-state index >= 15 is 0 Å². The summed E-state index contributed by atoms with van der Waals surface area (Å²) in [5.74, 6) is -1.16. The van der Waals surface area contributed by atoms with Crippen LogP contribution >= 0.6 is 0 Å². The van der Waals surface area contributed by atoms with Crippen LogP contribution < -0.4 is 0 Å². The summed E-state index contributed by atoms with van der Waals surface area (Å²) < 4.78 is 38.7. The van der Waals surface area contributed by atoms with Crippen molar-refractivity contribution in [2.24, 2.45) is 11.3 Å². The quantitative estimate of drug-likeness (QED) is 0.0645. The topological polar surface area (TPSA) is 409 Å². The summed E-state index contributed by atoms with van der Waals surface area (Å²) in [5.41, 5.74) is -0.438. The smallest absolute Gasteiger partial charge is 0.187 e. The second kappa shape index (κ2) is 21.6. The van der Waals surface area contributed by atoms with Gasteiger partial charge in [-0.1, -0.05) is 20.8 Å². The molecule has 1 aliphatic carbocycles. The first kappa shape index (κ1) is 50.7. The van der Waals surface area contributed by atoms with Crippen LogP contribution in [0.2, 0.25) is 0 Å². The van der Waals surface area contributed by atoms with Gasteiger partial charge < -0.3 is 120 Å². The Morgan fingerprint density at radius 2 is 0.966 bits per heavy atom. The van der Waals surface area contributed by atoms with E-state index in [2.05, 4.69) is 0 Å². The minimum absolute atomic E-state index is 0.0681. The Bertz CT molecular complexity index is 1250. The lowest BCUT2D eigenvalue weighted by atomic mass is 9.81. The highest BCUT2D eigenvalue weighted by molar-refractivity contribution is 4.98. The van der Waals surface area contributed by atoms with Crippen LogP contribution in [0.3, 0.4) is 0 Å². The zero-order valence-electron chi connectivity index (χ0n) is 32.8. The van der Waals surface area contributed by atoms with Gasteiger partial charge in [-0.3, -0.25) is 0 Å². The Morgan fingerprint density at radius 3 is 1.49 bits per heavy atom. The van der Waals surface area contributed by atoms with Crippen LogP contribution in [-0.4, -0.2) is 261 Å². The first-order valence-electron chi connectivity index (χ1n) is 19.4. The molecule has 0 aromatic carbocycles. The normalized spacial score (nSPS) is 45.8. The second-order valence-corrected chi connectivity index (χ2v) is 16.9. The molecule has 17 N–H and O–H groups in total. The highest BCUT2D eigenvalue weighted by atomic mass is 16.7. The maximum Gasteiger partial charge on any atom is 0.187 e. The molecule has 24 atom stereocenters. The SMILES string of the molecule is CC(C)(C)C[C@@H](O)[C@@H](O)[C@H](O)[C@H](O)CO[C@H]1O[C@H](CO)[C@@H](O)[C@H](O[C@H]2C[C@H](CO[C@H]3O[C@H](CO)[C@@H](O)[C@H](O[C@H]4O[C@H](CO)[C@@H](O)[C@H](O)[C@@H]4O)[C@@H]3O)[C@@H](O)[C@H](O)[C@@H]2O)[C@@H]1O. The molecule has 348 valence electrons. The highest BCUT2D eigenvalue weighted by Gasteiger charge is 2.53. The molecule has 0 bridgehead atoms. The van der Waals surface area contributed by atoms with Gasteiger partial charge in [-0.2, -0.15) is 0 Å². The lowest BCUT2D eigenvalue weighted by Gasteiger charge is -2.47. The highest BCUT2D eigenvalue weighted by Crippen LogP contribution is 2.35. The van der Waals surface area contributed by atoms with Crippen molar-refractivity contribution in [1.29, 1.82) is 0 Å². The van der Waals surface area contributed by atoms with E-state index in [0.29, 0.717) is 0 Å². The van der Waals surface area contributed by atoms with E-state index in [4.69, 9.17) is 33.2 Å². The van der Waals surface area contributed by atoms with Crippen LogP contribution in [0.25, 0.3) is 0 Å². The van der Waals surface area contributed by atoms with Crippen LogP contribution in [0, 0.1) is 11.3 Å². The molecule has 24 nitrogen and oxygen atoms in total. The van der Waals surface area contributed by atoms with Crippen LogP contribution in [0.4, 0.5) is 0 Å². The van der Waals surface area contributed by atoms with E-state index in [9.17, 15) is 86.8 Å². The first-order chi connectivity index (χ1) is 27.6. The maximum atomic E-state index is 11.1. The van der Waals surface area contributed by atoms with E-state index < -0.39 is 185 Å². The number of ether oxygens (including phenoxy) is 7. The van der Waals surface area contributed by atoms with Crippen molar-refractivity contribution in [3.63, 3.8) is 0 Å². The van der Waals surface area contributed by atoms with Gasteiger partial charge in [0, 0.05) is 5.92 Å². The maximum absolute atomic E-state index is 11.1. The molecule has 3 aliphatic heterocycles. The predicted molar refractivity (Wildman–Crippen MR) is 189 cm³/mol. The predicted octanol–water partition coefficient (Wildman–Crippen LogP) is -9.18. The van der Waals surface area contributed by atoms with Gasteiger partial charge in [0.15, 0.2) is 18.9 Å². The average Bonchev–Trinajstić information content (AvgIpc) is 3.19. The Balaban J connectivity index is 1.41. The minimum Gasteiger partial charge on any atom is -0.394 e. The van der Waals surface area contributed by atoms with Crippen molar-refractivity contribution in [2.45, 2.75) is 175 Å². The standard InChI is InChI=1S/C35H64O24/c1-35(2,3)5-12(39)19(42)20(43)13(40)10-54-33-28(51)30(23(46)16(7-37)57-33)55-14-4-11(18(41)25(48)21(14)44)9-53-32-29(52)31(24(47)17(8-38)56-32)59-34-27(50)26(49)22(45)15(6-36)58-34/h11-34,36-52H,4-10H2,1-3H3/t11-,12-,13-,14+,15-,16-,17-,18-,19-,20-,21-,22-,23-,24-,25+,26+,27+,28+,29+,30+,31+,32+,33+,34-/m1/s1. The van der Waals surface area contributed by atoms with Gasteiger partial charge in [0.05, 0.1) is 51.3 Å². The van der Waals surface area contributed by atoms with Gasteiger partial charge in [0.2, 0.25) is 0 Å². The molecule has 24 heteroatoms. The van der Waals surface area contributed by atoms with Crippen LogP contribution in [0.5, 0.6) is 0 Å². The summed E-state index contributed by atoms with van der Waals surface area (Å²) in [4.78, 5) is 0. The monoisotopic (exact) mass is 868 g/mol. The molecule has 59 heavy (non-hydrogen) atoms. The van der Waals surface area contributed by atoms with Gasteiger partial charge in [-0.05, 0) is 18.3 Å². The van der Waals surface area contributed by atoms with E-state index in [1.54, 1.807) is 20.8 Å². The number of hydrogen-bond donors (Lipinski definition) is 17. The molecule has 0 aromatic heterocycles. The average molecular weight is 869 g/mol. The van der Waals surface area contributed by atoms with E-state index in [1.165, 1.54) is 0 Å². The molecule has 3 saturated heterocycles. The van der Waals surface area contributed by atoms with Gasteiger partial charge in [-0.15, -0.1) is 0 Å². The molecule has 4 rings (SSSR count). The third kappa shape index (κ3) is 12.0. The first-order valence-corrected chi connectivity index (χ1v) is 19.4. The fourth-order valence-electron chi connectivity index (χ4n) is 7.53. The summed E-state index contributed by atoms with van der Waals surface area (Å²) in [6.07, 6.45) is -40.4. The van der Waals surface area contributed by atoms with Gasteiger partial charge in [-0.25, -0.2) is 0 Å². The fraction of sp³-hybridized carbons (Fsp3) is 1.00. The second-order valence-electron chi connectivity index (χ2n) is 16.9. The Labute approximate surface area is 338 Å². The van der Waals surface area contributed by atoms with Gasteiger partial charge in [0.1, 0.15) is 104 Å². The molecule has 0 radical (unpaired) electrons. The molecular weight excluding hydrogens is 804 g/mol. The molecule has 0 amide bonds.